The molecule has 2 atom stereocenters. The van der Waals surface area contributed by atoms with Crippen LogP contribution in [0.4, 0.5) is 19.4 Å². The quantitative estimate of drug-likeness (QED) is 0.376. The number of hydrogen-bond donors (Lipinski definition) is 2. The van der Waals surface area contributed by atoms with Gasteiger partial charge in [0.15, 0.2) is 12.1 Å². The second-order valence-electron chi connectivity index (χ2n) is 11.1. The zero-order valence-corrected chi connectivity index (χ0v) is 24.8. The number of phenolic OH excluding ortho intramolecular Hbond substituents is 1. The lowest BCUT2D eigenvalue weighted by molar-refractivity contribution is -0.121. The highest BCUT2D eigenvalue weighted by molar-refractivity contribution is 9.10. The number of carbonyl (C=O) groups is 3. The van der Waals surface area contributed by atoms with Gasteiger partial charge in [-0.1, -0.05) is 22.9 Å². The van der Waals surface area contributed by atoms with Crippen LogP contribution in [0.5, 0.6) is 11.5 Å². The number of nitrogens with zero attached hydrogens (tertiary/aromatic N) is 3. The molecule has 2 aromatic carbocycles. The number of halogens is 3. The van der Waals surface area contributed by atoms with Gasteiger partial charge in [0.05, 0.1) is 17.7 Å². The summed E-state index contributed by atoms with van der Waals surface area (Å²) in [6.07, 6.45) is 2.90. The molecule has 43 heavy (non-hydrogen) atoms. The van der Waals surface area contributed by atoms with Crippen molar-refractivity contribution in [3.8, 4) is 22.9 Å². The molecule has 2 aliphatic heterocycles. The highest BCUT2D eigenvalue weighted by Gasteiger charge is 2.42. The van der Waals surface area contributed by atoms with Crippen LogP contribution in [0.2, 0.25) is 0 Å². The molecule has 0 saturated carbocycles. The fourth-order valence-electron chi connectivity index (χ4n) is 5.98. The summed E-state index contributed by atoms with van der Waals surface area (Å²) in [5.74, 6) is 0.811. The van der Waals surface area contributed by atoms with Crippen molar-refractivity contribution >= 4 is 40.0 Å². The van der Waals surface area contributed by atoms with Crippen LogP contribution in [-0.4, -0.2) is 58.6 Å². The number of ether oxygens (including phenoxy) is 2. The minimum absolute atomic E-state index is 0.0790. The van der Waals surface area contributed by atoms with E-state index in [0.717, 1.165) is 74.7 Å². The predicted octanol–water partition coefficient (Wildman–Crippen LogP) is 4.36. The maximum atomic E-state index is 13.4. The lowest BCUT2D eigenvalue weighted by Crippen LogP contribution is -2.38. The summed E-state index contributed by atoms with van der Waals surface area (Å²) in [7, 11) is 0. The van der Waals surface area contributed by atoms with Crippen LogP contribution in [-0.2, 0) is 48.2 Å². The van der Waals surface area contributed by atoms with E-state index in [0.29, 0.717) is 36.7 Å². The number of anilines is 1. The predicted molar refractivity (Wildman–Crippen MR) is 155 cm³/mol. The molecule has 2 aliphatic carbocycles. The zero-order chi connectivity index (χ0) is 30.6. The molecule has 3 aromatic rings. The number of phenols is 1. The van der Waals surface area contributed by atoms with E-state index in [1.54, 1.807) is 19.2 Å². The number of primary amides is 1. The third-order valence-corrected chi connectivity index (χ3v) is 9.23. The second kappa shape index (κ2) is 11.3. The van der Waals surface area contributed by atoms with Crippen LogP contribution in [0, 0.1) is 5.92 Å². The lowest BCUT2D eigenvalue weighted by atomic mass is 9.78. The van der Waals surface area contributed by atoms with Gasteiger partial charge >= 0.3 is 6.09 Å². The standard InChI is InChI=1S/C21H22F2N4O4.C9H7BrO2/c1-10(19(24)28)6-11-7-15-17(13-3-2-12(11)13)20-25-16(8-26(20)4-5-30-15)27-14(18(22)23)9-31-21(27)29;10-8-3-9(12)7(4-11)5-1-2-6(5)8/h7-8,10,14,18H,2-6,9H2,1H3,(H2,24,28);3-4,12H,1-2H2/t10-,14+;/m1./s1. The van der Waals surface area contributed by atoms with E-state index in [9.17, 15) is 28.3 Å². The van der Waals surface area contributed by atoms with E-state index < -0.39 is 18.6 Å². The average molecular weight is 659 g/mol. The number of cyclic esters (lactones) is 1. The van der Waals surface area contributed by atoms with Crippen molar-refractivity contribution in [2.45, 2.75) is 58.0 Å². The highest BCUT2D eigenvalue weighted by atomic mass is 79.9. The maximum Gasteiger partial charge on any atom is 0.416 e. The van der Waals surface area contributed by atoms with E-state index in [1.165, 1.54) is 0 Å². The van der Waals surface area contributed by atoms with Crippen molar-refractivity contribution in [3.05, 3.63) is 56.2 Å². The number of alkyl halides is 2. The molecule has 0 bridgehead atoms. The summed E-state index contributed by atoms with van der Waals surface area (Å²) in [5.41, 5.74) is 12.1. The SMILES string of the molecule is C[C@H](Cc1cc2c(c3c1CC3)-c1nc(N3C(=O)OC[C@H]3C(F)F)cn1CCO2)C(N)=O.O=Cc1c(O)cc(Br)c2c1CC2. The van der Waals surface area contributed by atoms with Gasteiger partial charge < -0.3 is 24.9 Å². The molecular formula is C30H29BrF2N4O6. The zero-order valence-electron chi connectivity index (χ0n) is 23.2. The molecule has 1 fully saturated rings. The summed E-state index contributed by atoms with van der Waals surface area (Å²) >= 11 is 3.34. The lowest BCUT2D eigenvalue weighted by Gasteiger charge is -2.28. The number of imidazole rings is 1. The van der Waals surface area contributed by atoms with Crippen LogP contribution >= 0.6 is 15.9 Å². The van der Waals surface area contributed by atoms with Crippen molar-refractivity contribution in [2.75, 3.05) is 18.1 Å². The van der Waals surface area contributed by atoms with E-state index in [1.807, 2.05) is 10.6 Å². The first-order valence-corrected chi connectivity index (χ1v) is 14.8. The van der Waals surface area contributed by atoms with Crippen molar-refractivity contribution in [2.24, 2.45) is 11.7 Å². The van der Waals surface area contributed by atoms with Crippen LogP contribution in [0.15, 0.2) is 22.8 Å². The Balaban J connectivity index is 0.000000229. The van der Waals surface area contributed by atoms with Crippen molar-refractivity contribution in [3.63, 3.8) is 0 Å². The number of aldehydes is 1. The summed E-state index contributed by atoms with van der Waals surface area (Å²) in [4.78, 5) is 39.7. The van der Waals surface area contributed by atoms with E-state index in [2.05, 4.69) is 20.9 Å². The second-order valence-corrected chi connectivity index (χ2v) is 11.9. The first-order chi connectivity index (χ1) is 20.6. The van der Waals surface area contributed by atoms with Crippen LogP contribution in [0.3, 0.4) is 0 Å². The number of fused-ring (bicyclic) bond motifs is 6. The van der Waals surface area contributed by atoms with Gasteiger partial charge in [-0.15, -0.1) is 0 Å². The Labute approximate surface area is 253 Å². The smallest absolute Gasteiger partial charge is 0.416 e. The molecule has 3 N–H and O–H groups in total. The fourth-order valence-corrected chi connectivity index (χ4v) is 6.63. The molecule has 7 rings (SSSR count). The van der Waals surface area contributed by atoms with Gasteiger partial charge in [-0.25, -0.2) is 23.5 Å². The van der Waals surface area contributed by atoms with Gasteiger partial charge in [0.25, 0.3) is 6.43 Å². The third-order valence-electron chi connectivity index (χ3n) is 8.52. The first kappa shape index (κ1) is 29.1. The van der Waals surface area contributed by atoms with Crippen LogP contribution in [0.1, 0.15) is 45.1 Å². The molecule has 3 heterocycles. The number of aromatic hydroxyl groups is 1. The maximum absolute atomic E-state index is 13.4. The molecule has 13 heteroatoms. The molecule has 4 aliphatic rings. The van der Waals surface area contributed by atoms with Gasteiger partial charge in [-0.05, 0) is 72.1 Å². The van der Waals surface area contributed by atoms with Gasteiger partial charge in [0.2, 0.25) is 5.91 Å². The monoisotopic (exact) mass is 658 g/mol. The third kappa shape index (κ3) is 5.02. The topological polar surface area (TPSA) is 137 Å². The Hall–Kier alpha value is -4.00. The molecule has 0 radical (unpaired) electrons. The molecule has 1 saturated heterocycles. The van der Waals surface area contributed by atoms with Crippen molar-refractivity contribution in [1.82, 2.24) is 9.55 Å². The van der Waals surface area contributed by atoms with E-state index in [4.69, 9.17) is 15.2 Å². The van der Waals surface area contributed by atoms with Crippen molar-refractivity contribution in [1.29, 1.82) is 0 Å². The Morgan fingerprint density at radius 3 is 2.53 bits per heavy atom. The number of aromatic nitrogens is 2. The summed E-state index contributed by atoms with van der Waals surface area (Å²) in [6, 6.07) is 2.16. The van der Waals surface area contributed by atoms with Gasteiger partial charge in [-0.2, -0.15) is 0 Å². The minimum atomic E-state index is -2.74. The Bertz CT molecular complexity index is 1660. The van der Waals surface area contributed by atoms with Gasteiger partial charge in [0.1, 0.15) is 36.6 Å². The fraction of sp³-hybridized carbons (Fsp3) is 0.400. The van der Waals surface area contributed by atoms with E-state index in [-0.39, 0.29) is 30.0 Å². The molecule has 10 nitrogen and oxygen atoms in total. The van der Waals surface area contributed by atoms with Crippen molar-refractivity contribution < 1.29 is 37.7 Å². The molecular weight excluding hydrogens is 630 g/mol. The average Bonchev–Trinajstić information content (AvgIpc) is 3.46. The largest absolute Gasteiger partial charge is 0.507 e. The highest BCUT2D eigenvalue weighted by Crippen LogP contribution is 2.45. The number of rotatable bonds is 6. The molecule has 0 unspecified atom stereocenters. The van der Waals surface area contributed by atoms with Gasteiger partial charge in [-0.3, -0.25) is 9.59 Å². The Morgan fingerprint density at radius 2 is 1.91 bits per heavy atom. The van der Waals surface area contributed by atoms with Gasteiger partial charge in [0, 0.05) is 16.6 Å². The normalized spacial score (nSPS) is 18.3. The molecule has 0 spiro atoms. The van der Waals surface area contributed by atoms with E-state index >= 15 is 0 Å². The summed E-state index contributed by atoms with van der Waals surface area (Å²) in [5, 5.41) is 9.37. The number of nitrogens with two attached hydrogens (primary N) is 1. The Morgan fingerprint density at radius 1 is 1.19 bits per heavy atom. The van der Waals surface area contributed by atoms with Crippen LogP contribution in [0.25, 0.3) is 11.4 Å². The molecule has 226 valence electrons. The summed E-state index contributed by atoms with van der Waals surface area (Å²) < 4.78 is 40.4. The number of carbonyl (C=O) groups excluding carboxylic acids is 3. The number of benzene rings is 2. The molecule has 1 aromatic heterocycles. The first-order valence-electron chi connectivity index (χ1n) is 14.0. The summed E-state index contributed by atoms with van der Waals surface area (Å²) in [6.45, 7) is 2.26. The number of hydrogen-bond acceptors (Lipinski definition) is 7. The number of amides is 2. The van der Waals surface area contributed by atoms with Crippen LogP contribution < -0.4 is 15.4 Å². The minimum Gasteiger partial charge on any atom is -0.507 e. The Kier molecular flexibility index (Phi) is 7.61. The molecule has 2 amide bonds.